The largest absolute Gasteiger partial charge is 0.481 e. The lowest BCUT2D eigenvalue weighted by Crippen LogP contribution is -2.04. The van der Waals surface area contributed by atoms with Crippen LogP contribution < -0.4 is 0 Å². The van der Waals surface area contributed by atoms with Crippen molar-refractivity contribution in [2.24, 2.45) is 0 Å². The van der Waals surface area contributed by atoms with Gasteiger partial charge in [0.2, 0.25) is 0 Å². The molecule has 1 aromatic heterocycles. The van der Waals surface area contributed by atoms with E-state index in [9.17, 15) is 4.79 Å². The molecule has 0 fully saturated rings. The summed E-state index contributed by atoms with van der Waals surface area (Å²) in [6, 6.07) is 15.3. The lowest BCUT2D eigenvalue weighted by atomic mass is 10.1. The average molecular weight is 267 g/mol. The minimum absolute atomic E-state index is 0.0403. The van der Waals surface area contributed by atoms with Crippen molar-refractivity contribution in [2.45, 2.75) is 13.0 Å². The van der Waals surface area contributed by atoms with Gasteiger partial charge in [0.15, 0.2) is 0 Å². The number of aliphatic carboxylic acids is 1. The number of carbonyl (C=O) groups is 1. The Morgan fingerprint density at radius 1 is 1.05 bits per heavy atom. The zero-order valence-corrected chi connectivity index (χ0v) is 10.7. The van der Waals surface area contributed by atoms with Gasteiger partial charge in [-0.2, -0.15) is 15.0 Å². The number of carboxylic acids is 1. The van der Waals surface area contributed by atoms with Gasteiger partial charge in [0, 0.05) is 0 Å². The summed E-state index contributed by atoms with van der Waals surface area (Å²) in [7, 11) is 0. The number of hydrogen-bond acceptors (Lipinski definition) is 3. The predicted molar refractivity (Wildman–Crippen MR) is 74.4 cm³/mol. The topological polar surface area (TPSA) is 68.0 Å². The Morgan fingerprint density at radius 3 is 2.60 bits per heavy atom. The number of carboxylic acid groups (broad SMARTS) is 1. The fraction of sp³-hybridized carbons (Fsp3) is 0.133. The quantitative estimate of drug-likeness (QED) is 0.786. The smallest absolute Gasteiger partial charge is 0.307 e. The van der Waals surface area contributed by atoms with E-state index < -0.39 is 5.97 Å². The van der Waals surface area contributed by atoms with E-state index in [-0.39, 0.29) is 6.42 Å². The van der Waals surface area contributed by atoms with Crippen LogP contribution in [0.4, 0.5) is 0 Å². The van der Waals surface area contributed by atoms with Crippen LogP contribution in [0.5, 0.6) is 0 Å². The first-order valence-corrected chi connectivity index (χ1v) is 6.31. The number of fused-ring (bicyclic) bond motifs is 1. The molecule has 5 heteroatoms. The molecule has 1 heterocycles. The third kappa shape index (κ3) is 2.51. The molecule has 0 aliphatic heterocycles. The molecule has 2 aromatic carbocycles. The van der Waals surface area contributed by atoms with Crippen molar-refractivity contribution < 1.29 is 9.90 Å². The Labute approximate surface area is 115 Å². The molecule has 3 aromatic rings. The van der Waals surface area contributed by atoms with Crippen LogP contribution in [0.25, 0.3) is 11.0 Å². The maximum Gasteiger partial charge on any atom is 0.307 e. The Hall–Kier alpha value is -2.69. The summed E-state index contributed by atoms with van der Waals surface area (Å²) in [6.45, 7) is 0.571. The number of nitrogens with zero attached hydrogens (tertiary/aromatic N) is 3. The lowest BCUT2D eigenvalue weighted by molar-refractivity contribution is -0.136. The van der Waals surface area contributed by atoms with Crippen molar-refractivity contribution in [3.05, 3.63) is 59.7 Å². The first-order valence-electron chi connectivity index (χ1n) is 6.31. The summed E-state index contributed by atoms with van der Waals surface area (Å²) in [4.78, 5) is 12.5. The lowest BCUT2D eigenvalue weighted by Gasteiger charge is -1.99. The van der Waals surface area contributed by atoms with Crippen LogP contribution in [-0.2, 0) is 17.8 Å². The van der Waals surface area contributed by atoms with E-state index >= 15 is 0 Å². The minimum atomic E-state index is -0.866. The van der Waals surface area contributed by atoms with E-state index in [1.165, 1.54) is 0 Å². The molecule has 0 spiro atoms. The van der Waals surface area contributed by atoms with E-state index in [4.69, 9.17) is 5.11 Å². The molecular formula is C15H13N3O2. The summed E-state index contributed by atoms with van der Waals surface area (Å²) in [5, 5.41) is 17.7. The summed E-state index contributed by atoms with van der Waals surface area (Å²) in [6.07, 6.45) is -0.0403. The van der Waals surface area contributed by atoms with Crippen molar-refractivity contribution in [3.63, 3.8) is 0 Å². The molecule has 0 unspecified atom stereocenters. The Balaban J connectivity index is 1.96. The van der Waals surface area contributed by atoms with Crippen LogP contribution in [0.2, 0.25) is 0 Å². The molecule has 0 atom stereocenters. The van der Waals surface area contributed by atoms with E-state index in [0.29, 0.717) is 17.6 Å². The zero-order valence-electron chi connectivity index (χ0n) is 10.7. The fourth-order valence-corrected chi connectivity index (χ4v) is 2.16. The first-order chi connectivity index (χ1) is 9.72. The van der Waals surface area contributed by atoms with Crippen LogP contribution in [0.3, 0.4) is 0 Å². The minimum Gasteiger partial charge on any atom is -0.481 e. The Bertz CT molecular complexity index is 750. The van der Waals surface area contributed by atoms with Gasteiger partial charge in [-0.05, 0) is 17.2 Å². The number of aromatic nitrogens is 3. The predicted octanol–water partition coefficient (Wildman–Crippen LogP) is 2.11. The van der Waals surface area contributed by atoms with Crippen molar-refractivity contribution in [1.29, 1.82) is 0 Å². The highest BCUT2D eigenvalue weighted by Crippen LogP contribution is 2.15. The highest BCUT2D eigenvalue weighted by Gasteiger charge is 2.10. The Kier molecular flexibility index (Phi) is 3.16. The van der Waals surface area contributed by atoms with Gasteiger partial charge >= 0.3 is 5.97 Å². The molecule has 5 nitrogen and oxygen atoms in total. The maximum absolute atomic E-state index is 10.9. The van der Waals surface area contributed by atoms with E-state index in [2.05, 4.69) is 10.2 Å². The number of hydrogen-bond donors (Lipinski definition) is 1. The summed E-state index contributed by atoms with van der Waals surface area (Å²) < 4.78 is 0. The highest BCUT2D eigenvalue weighted by atomic mass is 16.4. The van der Waals surface area contributed by atoms with Crippen molar-refractivity contribution in [1.82, 2.24) is 15.0 Å². The molecule has 20 heavy (non-hydrogen) atoms. The normalized spacial score (nSPS) is 10.8. The third-order valence-corrected chi connectivity index (χ3v) is 3.05. The van der Waals surface area contributed by atoms with Gasteiger partial charge in [-0.15, -0.1) is 0 Å². The van der Waals surface area contributed by atoms with Crippen LogP contribution >= 0.6 is 0 Å². The van der Waals surface area contributed by atoms with E-state index in [1.54, 1.807) is 10.9 Å². The van der Waals surface area contributed by atoms with Gasteiger partial charge in [0.1, 0.15) is 11.0 Å². The van der Waals surface area contributed by atoms with Crippen molar-refractivity contribution >= 4 is 17.0 Å². The third-order valence-electron chi connectivity index (χ3n) is 3.05. The molecule has 1 N–H and O–H groups in total. The molecule has 0 amide bonds. The monoisotopic (exact) mass is 267 g/mol. The van der Waals surface area contributed by atoms with Crippen LogP contribution in [0.1, 0.15) is 11.1 Å². The van der Waals surface area contributed by atoms with E-state index in [0.717, 1.165) is 11.1 Å². The second-order valence-electron chi connectivity index (χ2n) is 4.57. The molecule has 3 rings (SSSR count). The average Bonchev–Trinajstić information content (AvgIpc) is 2.83. The molecular weight excluding hydrogens is 254 g/mol. The molecule has 0 radical (unpaired) electrons. The van der Waals surface area contributed by atoms with Gasteiger partial charge in [-0.25, -0.2) is 0 Å². The summed E-state index contributed by atoms with van der Waals surface area (Å²) in [5.41, 5.74) is 3.17. The van der Waals surface area contributed by atoms with Gasteiger partial charge in [-0.3, -0.25) is 4.79 Å². The van der Waals surface area contributed by atoms with Gasteiger partial charge in [-0.1, -0.05) is 42.5 Å². The summed E-state index contributed by atoms with van der Waals surface area (Å²) in [5.74, 6) is -0.866. The second-order valence-corrected chi connectivity index (χ2v) is 4.57. The van der Waals surface area contributed by atoms with Crippen LogP contribution in [0.15, 0.2) is 48.5 Å². The number of rotatable bonds is 4. The first kappa shape index (κ1) is 12.3. The van der Waals surface area contributed by atoms with Crippen LogP contribution in [-0.4, -0.2) is 26.1 Å². The molecule has 100 valence electrons. The van der Waals surface area contributed by atoms with Gasteiger partial charge in [0.25, 0.3) is 0 Å². The number of benzene rings is 2. The fourth-order valence-electron chi connectivity index (χ4n) is 2.16. The maximum atomic E-state index is 10.9. The molecule has 0 bridgehead atoms. The van der Waals surface area contributed by atoms with Crippen molar-refractivity contribution in [3.8, 4) is 0 Å². The van der Waals surface area contributed by atoms with Gasteiger partial charge in [0.05, 0.1) is 13.0 Å². The summed E-state index contributed by atoms with van der Waals surface area (Å²) >= 11 is 0. The molecule has 0 saturated heterocycles. The standard InChI is InChI=1S/C15H13N3O2/c19-14(20)9-12-7-4-8-13-15(12)17-18(16-13)10-11-5-2-1-3-6-11/h1-8H,9-10H2,(H,19,20). The molecule has 0 aliphatic carbocycles. The molecule has 0 aliphatic rings. The highest BCUT2D eigenvalue weighted by molar-refractivity contribution is 5.82. The zero-order chi connectivity index (χ0) is 13.9. The van der Waals surface area contributed by atoms with Crippen molar-refractivity contribution in [2.75, 3.05) is 0 Å². The SMILES string of the molecule is O=C(O)Cc1cccc2nn(Cc3ccccc3)nc12. The second kappa shape index (κ2) is 5.13. The Morgan fingerprint density at radius 2 is 1.85 bits per heavy atom. The molecule has 0 saturated carbocycles. The van der Waals surface area contributed by atoms with Crippen LogP contribution in [0, 0.1) is 0 Å². The van der Waals surface area contributed by atoms with E-state index in [1.807, 2.05) is 42.5 Å². The van der Waals surface area contributed by atoms with Gasteiger partial charge < -0.3 is 5.11 Å².